The van der Waals surface area contributed by atoms with Crippen molar-refractivity contribution in [2.45, 2.75) is 18.5 Å². The van der Waals surface area contributed by atoms with E-state index >= 15 is 0 Å². The van der Waals surface area contributed by atoms with Gasteiger partial charge in [-0.3, -0.25) is 9.59 Å². The molecule has 0 radical (unpaired) electrons. The van der Waals surface area contributed by atoms with Crippen LogP contribution in [0.15, 0.2) is 60.9 Å². The van der Waals surface area contributed by atoms with Crippen molar-refractivity contribution in [3.63, 3.8) is 0 Å². The standard InChI is InChI=1S/C17H15NO4/c19-16(20)15-13(18-9-5-2-6-10-18)11-14(22-17(15)21)12-7-3-1-4-8-12/h1-10,13-15H,11H2/p+1/t13-,14+,15-/m1/s1/i11D,15D/t11?,13-,14+,15-. The Balaban J connectivity index is 2.11. The number of pyridine rings is 1. The Morgan fingerprint density at radius 2 is 1.86 bits per heavy atom. The van der Waals surface area contributed by atoms with Crippen molar-refractivity contribution in [1.82, 2.24) is 0 Å². The summed E-state index contributed by atoms with van der Waals surface area (Å²) in [5.41, 5.74) is 0.597. The van der Waals surface area contributed by atoms with Crippen LogP contribution in [-0.2, 0) is 14.3 Å². The number of hydrogen-bond acceptors (Lipinski definition) is 3. The average molecular weight is 300 g/mol. The predicted octanol–water partition coefficient (Wildman–Crippen LogP) is 1.90. The second-order valence-corrected chi connectivity index (χ2v) is 4.92. The van der Waals surface area contributed by atoms with Gasteiger partial charge in [0.1, 0.15) is 6.10 Å². The van der Waals surface area contributed by atoms with E-state index in [4.69, 9.17) is 7.48 Å². The number of aliphatic carboxylic acids is 1. The fraction of sp³-hybridized carbons (Fsp3) is 0.235. The third kappa shape index (κ3) is 2.70. The molecule has 5 nitrogen and oxygen atoms in total. The highest BCUT2D eigenvalue weighted by molar-refractivity contribution is 5.94. The molecule has 1 aromatic heterocycles. The molecule has 0 saturated carbocycles. The van der Waals surface area contributed by atoms with Gasteiger partial charge in [0.25, 0.3) is 0 Å². The lowest BCUT2D eigenvalue weighted by molar-refractivity contribution is -0.729. The van der Waals surface area contributed by atoms with Gasteiger partial charge in [0.15, 0.2) is 18.4 Å². The van der Waals surface area contributed by atoms with Crippen molar-refractivity contribution < 1.29 is 26.7 Å². The van der Waals surface area contributed by atoms with Crippen LogP contribution in [0.3, 0.4) is 0 Å². The molecule has 22 heavy (non-hydrogen) atoms. The summed E-state index contributed by atoms with van der Waals surface area (Å²) >= 11 is 0. The fourth-order valence-corrected chi connectivity index (χ4v) is 2.48. The van der Waals surface area contributed by atoms with Gasteiger partial charge in [-0.15, -0.1) is 0 Å². The molecule has 1 aliphatic heterocycles. The zero-order valence-corrected chi connectivity index (χ0v) is 11.6. The number of ether oxygens (including phenoxy) is 1. The van der Waals surface area contributed by atoms with Crippen LogP contribution >= 0.6 is 0 Å². The van der Waals surface area contributed by atoms with Crippen molar-refractivity contribution in [2.75, 3.05) is 0 Å². The number of carboxylic acids is 1. The Hall–Kier alpha value is -2.69. The van der Waals surface area contributed by atoms with Crippen molar-refractivity contribution >= 4 is 11.9 Å². The van der Waals surface area contributed by atoms with Gasteiger partial charge in [0.05, 0.1) is 7.77 Å². The van der Waals surface area contributed by atoms with Crippen LogP contribution in [0.5, 0.6) is 0 Å². The van der Waals surface area contributed by atoms with E-state index in [0.717, 1.165) is 0 Å². The van der Waals surface area contributed by atoms with Gasteiger partial charge in [0, 0.05) is 13.5 Å². The van der Waals surface area contributed by atoms with E-state index in [9.17, 15) is 14.7 Å². The zero-order valence-electron chi connectivity index (χ0n) is 13.6. The first kappa shape index (κ1) is 11.9. The molecule has 5 heteroatoms. The Morgan fingerprint density at radius 3 is 2.50 bits per heavy atom. The molecule has 112 valence electrons. The van der Waals surface area contributed by atoms with Crippen LogP contribution < -0.4 is 4.57 Å². The van der Waals surface area contributed by atoms with Crippen molar-refractivity contribution in [1.29, 1.82) is 0 Å². The first-order valence-electron chi connectivity index (χ1n) is 7.91. The van der Waals surface area contributed by atoms with Gasteiger partial charge >= 0.3 is 11.9 Å². The number of aromatic nitrogens is 1. The Bertz CT molecular complexity index is 756. The lowest BCUT2D eigenvalue weighted by atomic mass is 9.88. The van der Waals surface area contributed by atoms with Gasteiger partial charge in [-0.25, -0.2) is 4.57 Å². The smallest absolute Gasteiger partial charge is 0.327 e. The number of carbonyl (C=O) groups is 2. The summed E-state index contributed by atoms with van der Waals surface area (Å²) in [6.45, 7) is 0. The molecule has 0 bridgehead atoms. The third-order valence-electron chi connectivity index (χ3n) is 3.53. The summed E-state index contributed by atoms with van der Waals surface area (Å²) in [5, 5.41) is 9.49. The van der Waals surface area contributed by atoms with Crippen LogP contribution in [0.2, 0.25) is 0 Å². The SMILES string of the molecule is [2H]C1[C@@H](c2ccccc2)OC(=O)[C@@]([2H])(C(=O)O)[C@@H]1[n+]1ccccc1. The van der Waals surface area contributed by atoms with E-state index in [1.807, 2.05) is 0 Å². The van der Waals surface area contributed by atoms with Crippen LogP contribution in [0.1, 0.15) is 26.8 Å². The quantitative estimate of drug-likeness (QED) is 0.534. The van der Waals surface area contributed by atoms with E-state index in [2.05, 4.69) is 0 Å². The van der Waals surface area contributed by atoms with Crippen LogP contribution in [0.4, 0.5) is 0 Å². The highest BCUT2D eigenvalue weighted by Gasteiger charge is 2.48. The number of hydrogen-bond donors (Lipinski definition) is 1. The monoisotopic (exact) mass is 300 g/mol. The lowest BCUT2D eigenvalue weighted by Gasteiger charge is -2.30. The summed E-state index contributed by atoms with van der Waals surface area (Å²) in [4.78, 5) is 24.1. The summed E-state index contributed by atoms with van der Waals surface area (Å²) in [7, 11) is 0. The van der Waals surface area contributed by atoms with Crippen LogP contribution in [0, 0.1) is 5.89 Å². The minimum Gasteiger partial charge on any atom is -0.480 e. The second kappa shape index (κ2) is 5.97. The molecule has 2 aromatic rings. The summed E-state index contributed by atoms with van der Waals surface area (Å²) in [6.07, 6.45) is 1.03. The molecular weight excluding hydrogens is 282 g/mol. The summed E-state index contributed by atoms with van der Waals surface area (Å²) in [6, 6.07) is 12.6. The van der Waals surface area contributed by atoms with E-state index in [1.54, 1.807) is 60.9 Å². The zero-order chi connectivity index (χ0) is 17.3. The molecule has 0 spiro atoms. The number of cyclic esters (lactones) is 1. The molecule has 1 unspecified atom stereocenters. The second-order valence-electron chi connectivity index (χ2n) is 4.92. The summed E-state index contributed by atoms with van der Waals surface area (Å²) in [5.74, 6) is -5.37. The number of nitrogens with zero attached hydrogens (tertiary/aromatic N) is 1. The largest absolute Gasteiger partial charge is 0.480 e. The maximum atomic E-state index is 12.4. The molecule has 0 aliphatic carbocycles. The van der Waals surface area contributed by atoms with Crippen molar-refractivity contribution in [2.24, 2.45) is 5.89 Å². The predicted molar refractivity (Wildman–Crippen MR) is 76.7 cm³/mol. The van der Waals surface area contributed by atoms with E-state index in [1.165, 1.54) is 4.57 Å². The summed E-state index contributed by atoms with van der Waals surface area (Å²) < 4.78 is 23.4. The topological polar surface area (TPSA) is 67.5 Å². The highest BCUT2D eigenvalue weighted by Crippen LogP contribution is 2.36. The maximum Gasteiger partial charge on any atom is 0.327 e. The molecule has 1 aromatic carbocycles. The average Bonchev–Trinajstić information content (AvgIpc) is 2.60. The van der Waals surface area contributed by atoms with Gasteiger partial charge in [-0.1, -0.05) is 36.4 Å². The molecule has 1 aliphatic rings. The van der Waals surface area contributed by atoms with Crippen molar-refractivity contribution in [3.05, 3.63) is 66.5 Å². The number of carbonyl (C=O) groups excluding carboxylic acids is 1. The Morgan fingerprint density at radius 1 is 1.23 bits per heavy atom. The lowest BCUT2D eigenvalue weighted by Crippen LogP contribution is -2.52. The number of carboxylic acid groups (broad SMARTS) is 1. The molecular formula is C17H16NO4+. The molecule has 3 rings (SSSR count). The first-order valence-corrected chi connectivity index (χ1v) is 6.83. The van der Waals surface area contributed by atoms with Gasteiger partial charge in [-0.2, -0.15) is 0 Å². The van der Waals surface area contributed by atoms with Crippen LogP contribution in [0.25, 0.3) is 0 Å². The van der Waals surface area contributed by atoms with E-state index in [-0.39, 0.29) is 0 Å². The normalized spacial score (nSPS) is 32.5. The molecule has 4 atom stereocenters. The van der Waals surface area contributed by atoms with E-state index < -0.39 is 36.4 Å². The highest BCUT2D eigenvalue weighted by atomic mass is 16.5. The van der Waals surface area contributed by atoms with Crippen LogP contribution in [-0.4, -0.2) is 17.0 Å². The van der Waals surface area contributed by atoms with Crippen molar-refractivity contribution in [3.8, 4) is 0 Å². The molecule has 0 amide bonds. The third-order valence-corrected chi connectivity index (χ3v) is 3.53. The van der Waals surface area contributed by atoms with E-state index in [0.29, 0.717) is 5.56 Å². The van der Waals surface area contributed by atoms with Gasteiger partial charge in [-0.05, 0) is 5.56 Å². The molecule has 1 fully saturated rings. The van der Waals surface area contributed by atoms with Gasteiger partial charge < -0.3 is 9.84 Å². The number of benzene rings is 1. The van der Waals surface area contributed by atoms with Gasteiger partial charge in [0.2, 0.25) is 5.89 Å². The molecule has 1 saturated heterocycles. The molecule has 1 N–H and O–H groups in total. The maximum absolute atomic E-state index is 12.4. The Kier molecular flexibility index (Phi) is 3.23. The minimum atomic E-state index is -2.58. The number of rotatable bonds is 3. The Labute approximate surface area is 130 Å². The first-order chi connectivity index (χ1) is 11.5. The minimum absolute atomic E-state index is 0.597. The molecule has 2 heterocycles. The number of esters is 1. The fourth-order valence-electron chi connectivity index (χ4n) is 2.48.